The second-order valence-electron chi connectivity index (χ2n) is 4.83. The zero-order chi connectivity index (χ0) is 17.5. The van der Waals surface area contributed by atoms with Crippen molar-refractivity contribution in [1.82, 2.24) is 4.98 Å². The van der Waals surface area contributed by atoms with E-state index >= 15 is 0 Å². The van der Waals surface area contributed by atoms with Crippen molar-refractivity contribution in [2.75, 3.05) is 5.32 Å². The molecule has 0 saturated heterocycles. The van der Waals surface area contributed by atoms with E-state index in [0.29, 0.717) is 15.8 Å². The molecule has 0 atom stereocenters. The molecule has 0 bridgehead atoms. The van der Waals surface area contributed by atoms with Crippen molar-refractivity contribution in [1.29, 1.82) is 0 Å². The van der Waals surface area contributed by atoms with E-state index in [4.69, 9.17) is 33.0 Å². The van der Waals surface area contributed by atoms with Crippen LogP contribution in [0.2, 0.25) is 10.0 Å². The van der Waals surface area contributed by atoms with Gasteiger partial charge < -0.3 is 15.2 Å². The Morgan fingerprint density at radius 1 is 1.17 bits per heavy atom. The summed E-state index contributed by atoms with van der Waals surface area (Å²) in [4.78, 5) is 26.3. The van der Waals surface area contributed by atoms with Crippen molar-refractivity contribution in [3.63, 3.8) is 0 Å². The lowest BCUT2D eigenvalue weighted by atomic mass is 10.2. The zero-order valence-corrected chi connectivity index (χ0v) is 14.0. The molecular weight excluding hydrogens is 355 g/mol. The van der Waals surface area contributed by atoms with Crippen molar-refractivity contribution >= 4 is 40.9 Å². The average Bonchev–Trinajstić information content (AvgIpc) is 2.55. The van der Waals surface area contributed by atoms with Gasteiger partial charge in [0.15, 0.2) is 11.6 Å². The molecule has 2 N–H and O–H groups in total. The van der Waals surface area contributed by atoms with Crippen molar-refractivity contribution < 1.29 is 19.4 Å². The molecule has 1 amide bonds. The number of aromatic nitrogens is 1. The van der Waals surface area contributed by atoms with Crippen LogP contribution in [0.15, 0.2) is 36.5 Å². The van der Waals surface area contributed by atoms with Crippen LogP contribution in [0.5, 0.6) is 5.75 Å². The number of rotatable bonds is 7. The summed E-state index contributed by atoms with van der Waals surface area (Å²) < 4.78 is 5.65. The highest BCUT2D eigenvalue weighted by molar-refractivity contribution is 6.42. The number of aliphatic carboxylic acids is 1. The van der Waals surface area contributed by atoms with Crippen molar-refractivity contribution in [3.05, 3.63) is 52.1 Å². The Morgan fingerprint density at radius 2 is 1.96 bits per heavy atom. The molecule has 0 spiro atoms. The molecule has 0 fully saturated rings. The smallest absolute Gasteiger partial charge is 0.303 e. The fraction of sp³-hybridized carbons (Fsp3) is 0.188. The number of carbonyl (C=O) groups excluding carboxylic acids is 1. The Hall–Kier alpha value is -2.31. The van der Waals surface area contributed by atoms with E-state index in [2.05, 4.69) is 10.3 Å². The van der Waals surface area contributed by atoms with Crippen LogP contribution in [-0.2, 0) is 16.2 Å². The fourth-order valence-corrected chi connectivity index (χ4v) is 2.13. The number of nitrogens with one attached hydrogen (secondary N) is 1. The number of carbonyl (C=O) groups is 2. The van der Waals surface area contributed by atoms with E-state index in [1.807, 2.05) is 0 Å². The summed E-state index contributed by atoms with van der Waals surface area (Å²) >= 11 is 11.8. The lowest BCUT2D eigenvalue weighted by Crippen LogP contribution is -2.15. The second-order valence-corrected chi connectivity index (χ2v) is 5.64. The summed E-state index contributed by atoms with van der Waals surface area (Å²) in [5.74, 6) is -0.891. The average molecular weight is 369 g/mol. The number of hydrogen-bond acceptors (Lipinski definition) is 4. The summed E-state index contributed by atoms with van der Waals surface area (Å²) in [5, 5.41) is 12.0. The predicted molar refractivity (Wildman–Crippen MR) is 90.5 cm³/mol. The lowest BCUT2D eigenvalue weighted by Gasteiger charge is -2.11. The van der Waals surface area contributed by atoms with E-state index in [9.17, 15) is 9.59 Å². The van der Waals surface area contributed by atoms with Crippen molar-refractivity contribution in [2.45, 2.75) is 19.4 Å². The van der Waals surface area contributed by atoms with Gasteiger partial charge in [-0.2, -0.15) is 0 Å². The minimum absolute atomic E-state index is 0.141. The molecule has 0 radical (unpaired) electrons. The number of anilines is 1. The number of nitrogens with zero attached hydrogens (tertiary/aromatic N) is 1. The van der Waals surface area contributed by atoms with Gasteiger partial charge in [0.25, 0.3) is 0 Å². The van der Waals surface area contributed by atoms with Crippen molar-refractivity contribution in [2.24, 2.45) is 0 Å². The summed E-state index contributed by atoms with van der Waals surface area (Å²) in [7, 11) is 0. The van der Waals surface area contributed by atoms with Crippen LogP contribution in [0.1, 0.15) is 18.4 Å². The Bertz CT molecular complexity index is 753. The van der Waals surface area contributed by atoms with Crippen LogP contribution < -0.4 is 10.1 Å². The number of benzene rings is 1. The van der Waals surface area contributed by atoms with Gasteiger partial charge in [0.1, 0.15) is 6.61 Å². The quantitative estimate of drug-likeness (QED) is 0.776. The number of pyridine rings is 1. The van der Waals surface area contributed by atoms with Gasteiger partial charge in [-0.3, -0.25) is 9.59 Å². The summed E-state index contributed by atoms with van der Waals surface area (Å²) in [6, 6.07) is 8.44. The first-order valence-electron chi connectivity index (χ1n) is 6.99. The van der Waals surface area contributed by atoms with Crippen LogP contribution in [0, 0.1) is 0 Å². The third-order valence-corrected chi connectivity index (χ3v) is 3.71. The van der Waals surface area contributed by atoms with E-state index in [1.165, 1.54) is 6.20 Å². The van der Waals surface area contributed by atoms with Crippen LogP contribution in [0.4, 0.5) is 5.82 Å². The molecular formula is C16H14Cl2N2O4. The van der Waals surface area contributed by atoms with E-state index < -0.39 is 11.9 Å². The number of carboxylic acid groups (broad SMARTS) is 1. The maximum absolute atomic E-state index is 11.7. The molecule has 1 aromatic heterocycles. The van der Waals surface area contributed by atoms with Crippen molar-refractivity contribution in [3.8, 4) is 5.75 Å². The number of amides is 1. The summed E-state index contributed by atoms with van der Waals surface area (Å²) in [6.07, 6.45) is 1.11. The Labute approximate surface area is 148 Å². The van der Waals surface area contributed by atoms with Gasteiger partial charge in [-0.15, -0.1) is 0 Å². The first-order valence-corrected chi connectivity index (χ1v) is 7.74. The van der Waals surface area contributed by atoms with Crippen LogP contribution >= 0.6 is 23.2 Å². The van der Waals surface area contributed by atoms with Crippen LogP contribution in [0.25, 0.3) is 0 Å². The van der Waals surface area contributed by atoms with Gasteiger partial charge in [0.05, 0.1) is 16.5 Å². The molecule has 126 valence electrons. The van der Waals surface area contributed by atoms with Gasteiger partial charge in [0.2, 0.25) is 5.91 Å². The number of ether oxygens (including phenoxy) is 1. The number of halogens is 2. The van der Waals surface area contributed by atoms with E-state index in [-0.39, 0.29) is 25.3 Å². The van der Waals surface area contributed by atoms with E-state index in [0.717, 1.165) is 5.56 Å². The second kappa shape index (κ2) is 8.52. The molecule has 0 aliphatic heterocycles. The minimum Gasteiger partial charge on any atom is -0.485 e. The molecule has 2 aromatic rings. The number of carboxylic acids is 1. The molecule has 6 nitrogen and oxygen atoms in total. The Balaban J connectivity index is 2.01. The Morgan fingerprint density at radius 3 is 2.67 bits per heavy atom. The maximum atomic E-state index is 11.7. The molecule has 0 saturated carbocycles. The van der Waals surface area contributed by atoms with Crippen LogP contribution in [-0.4, -0.2) is 22.0 Å². The first kappa shape index (κ1) is 18.0. The monoisotopic (exact) mass is 368 g/mol. The van der Waals surface area contributed by atoms with E-state index in [1.54, 1.807) is 30.3 Å². The SMILES string of the molecule is O=C(O)CCC(=O)Nc1ncccc1OCc1ccc(Cl)c(Cl)c1. The molecule has 24 heavy (non-hydrogen) atoms. The molecule has 1 heterocycles. The van der Waals surface area contributed by atoms with Gasteiger partial charge in [0, 0.05) is 12.6 Å². The fourth-order valence-electron chi connectivity index (χ4n) is 1.81. The maximum Gasteiger partial charge on any atom is 0.303 e. The lowest BCUT2D eigenvalue weighted by molar-refractivity contribution is -0.138. The normalized spacial score (nSPS) is 10.2. The van der Waals surface area contributed by atoms with Gasteiger partial charge in [-0.05, 0) is 29.8 Å². The van der Waals surface area contributed by atoms with Gasteiger partial charge >= 0.3 is 5.97 Å². The highest BCUT2D eigenvalue weighted by Crippen LogP contribution is 2.25. The van der Waals surface area contributed by atoms with Gasteiger partial charge in [-0.25, -0.2) is 4.98 Å². The van der Waals surface area contributed by atoms with Gasteiger partial charge in [-0.1, -0.05) is 29.3 Å². The summed E-state index contributed by atoms with van der Waals surface area (Å²) in [6.45, 7) is 0.209. The summed E-state index contributed by atoms with van der Waals surface area (Å²) in [5.41, 5.74) is 0.802. The minimum atomic E-state index is -1.04. The molecule has 0 aliphatic carbocycles. The topological polar surface area (TPSA) is 88.5 Å². The molecule has 0 aliphatic rings. The Kier molecular flexibility index (Phi) is 6.40. The highest BCUT2D eigenvalue weighted by Gasteiger charge is 2.11. The zero-order valence-electron chi connectivity index (χ0n) is 12.5. The molecule has 8 heteroatoms. The number of hydrogen-bond donors (Lipinski definition) is 2. The third kappa shape index (κ3) is 5.40. The van der Waals surface area contributed by atoms with Crippen LogP contribution in [0.3, 0.4) is 0 Å². The molecule has 2 rings (SSSR count). The first-order chi connectivity index (χ1) is 11.5. The molecule has 1 aromatic carbocycles. The molecule has 0 unspecified atom stereocenters. The third-order valence-electron chi connectivity index (χ3n) is 2.97. The standard InChI is InChI=1S/C16H14Cl2N2O4/c17-11-4-3-10(8-12(11)18)9-24-13-2-1-7-19-16(13)20-14(21)5-6-15(22)23/h1-4,7-8H,5-6,9H2,(H,22,23)(H,19,20,21). The largest absolute Gasteiger partial charge is 0.485 e. The highest BCUT2D eigenvalue weighted by atomic mass is 35.5. The predicted octanol–water partition coefficient (Wildman–Crippen LogP) is 3.77.